The molecule has 1 heterocycles. The number of amides is 1. The molecule has 7 heteroatoms. The Bertz CT molecular complexity index is 939. The number of carbonyl (C=O) groups is 1. The second-order valence-electron chi connectivity index (χ2n) is 6.92. The maximum absolute atomic E-state index is 12.4. The predicted octanol–water partition coefficient (Wildman–Crippen LogP) is 3.46. The van der Waals surface area contributed by atoms with Crippen LogP contribution in [0.15, 0.2) is 63.9 Å². The first-order valence-electron chi connectivity index (χ1n) is 9.43. The molecule has 3 rings (SSSR count). The third-order valence-electron chi connectivity index (χ3n) is 4.71. The van der Waals surface area contributed by atoms with Gasteiger partial charge in [-0.25, -0.2) is 0 Å². The van der Waals surface area contributed by atoms with Crippen LogP contribution in [-0.2, 0) is 21.2 Å². The van der Waals surface area contributed by atoms with Crippen molar-refractivity contribution in [1.29, 1.82) is 0 Å². The number of nitrogens with one attached hydrogen (secondary N) is 1. The molecule has 0 saturated carbocycles. The molecule has 0 aromatic heterocycles. The molecule has 0 spiro atoms. The van der Waals surface area contributed by atoms with Crippen LogP contribution in [0.3, 0.4) is 0 Å². The van der Waals surface area contributed by atoms with E-state index in [2.05, 4.69) is 9.71 Å². The summed E-state index contributed by atoms with van der Waals surface area (Å²) in [5, 5.41) is 2.81. The van der Waals surface area contributed by atoms with E-state index in [0.717, 1.165) is 25.8 Å². The fourth-order valence-corrected chi connectivity index (χ4v) is 4.23. The molecule has 1 fully saturated rings. The summed E-state index contributed by atoms with van der Waals surface area (Å²) in [5.41, 5.74) is 1.79. The fourth-order valence-electron chi connectivity index (χ4n) is 3.13. The smallest absolute Gasteiger partial charge is 0.283 e. The minimum atomic E-state index is -3.73. The maximum atomic E-state index is 12.4. The Labute approximate surface area is 166 Å². The third-order valence-corrected chi connectivity index (χ3v) is 6.03. The molecule has 2 aromatic carbocycles. The lowest BCUT2D eigenvalue weighted by atomic mass is 10.1. The highest BCUT2D eigenvalue weighted by molar-refractivity contribution is 7.90. The number of carbonyl (C=O) groups excluding carboxylic acids is 1. The Morgan fingerprint density at radius 3 is 2.46 bits per heavy atom. The number of aryl methyl sites for hydroxylation is 1. The zero-order chi connectivity index (χ0) is 20.0. The molecule has 0 aliphatic carbocycles. The molecule has 148 valence electrons. The van der Waals surface area contributed by atoms with Crippen LogP contribution in [0.5, 0.6) is 0 Å². The number of nitrogens with zero attached hydrogens (tertiary/aromatic N) is 2. The second kappa shape index (κ2) is 9.01. The van der Waals surface area contributed by atoms with E-state index in [-0.39, 0.29) is 10.8 Å². The number of hydrogen-bond acceptors (Lipinski definition) is 3. The number of amidine groups is 1. The van der Waals surface area contributed by atoms with Gasteiger partial charge >= 0.3 is 0 Å². The van der Waals surface area contributed by atoms with Gasteiger partial charge < -0.3 is 10.2 Å². The summed E-state index contributed by atoms with van der Waals surface area (Å²) in [7, 11) is -1.89. The van der Waals surface area contributed by atoms with Gasteiger partial charge in [-0.15, -0.1) is 4.40 Å². The molecule has 0 radical (unpaired) electrons. The molecule has 1 amide bonds. The van der Waals surface area contributed by atoms with Crippen molar-refractivity contribution in [2.24, 2.45) is 4.40 Å². The first-order chi connectivity index (χ1) is 13.4. The van der Waals surface area contributed by atoms with E-state index in [1.54, 1.807) is 12.1 Å². The standard InChI is InChI=1S/C21H25N3O3S/c1-24-16-6-10-20(24)23-28(26,27)19-14-12-18(13-15-19)22-21(25)11-5-9-17-7-3-2-4-8-17/h2-4,7-8,12-15H,5-6,9-11,16H2,1H3,(H,22,25)/b23-20+. The van der Waals surface area contributed by atoms with Crippen LogP contribution in [0.1, 0.15) is 31.2 Å². The summed E-state index contributed by atoms with van der Waals surface area (Å²) < 4.78 is 28.8. The first kappa shape index (κ1) is 20.1. The zero-order valence-electron chi connectivity index (χ0n) is 16.0. The van der Waals surface area contributed by atoms with Gasteiger partial charge in [-0.1, -0.05) is 30.3 Å². The predicted molar refractivity (Wildman–Crippen MR) is 111 cm³/mol. The van der Waals surface area contributed by atoms with Crippen LogP contribution in [0.25, 0.3) is 0 Å². The van der Waals surface area contributed by atoms with Crippen molar-refractivity contribution < 1.29 is 13.2 Å². The highest BCUT2D eigenvalue weighted by Crippen LogP contribution is 2.19. The quantitative estimate of drug-likeness (QED) is 0.773. The SMILES string of the molecule is CN1CCC/C1=N\S(=O)(=O)c1ccc(NC(=O)CCCc2ccccc2)cc1. The zero-order valence-corrected chi connectivity index (χ0v) is 16.8. The Morgan fingerprint density at radius 2 is 1.82 bits per heavy atom. The van der Waals surface area contributed by atoms with Crippen molar-refractivity contribution in [1.82, 2.24) is 4.90 Å². The molecule has 0 unspecified atom stereocenters. The Kier molecular flexibility index (Phi) is 6.46. The van der Waals surface area contributed by atoms with Gasteiger partial charge in [-0.3, -0.25) is 4.79 Å². The van der Waals surface area contributed by atoms with Gasteiger partial charge in [0.2, 0.25) is 5.91 Å². The highest BCUT2D eigenvalue weighted by atomic mass is 32.2. The Hall–Kier alpha value is -2.67. The second-order valence-corrected chi connectivity index (χ2v) is 8.52. The number of sulfonamides is 1. The van der Waals surface area contributed by atoms with Crippen molar-refractivity contribution in [3.05, 3.63) is 60.2 Å². The summed E-state index contributed by atoms with van der Waals surface area (Å²) in [6, 6.07) is 16.2. The number of anilines is 1. The Morgan fingerprint density at radius 1 is 1.11 bits per heavy atom. The molecule has 0 atom stereocenters. The molecule has 2 aromatic rings. The summed E-state index contributed by atoms with van der Waals surface area (Å²) >= 11 is 0. The van der Waals surface area contributed by atoms with Gasteiger partial charge in [0.15, 0.2) is 0 Å². The van der Waals surface area contributed by atoms with Crippen LogP contribution in [0.4, 0.5) is 5.69 Å². The van der Waals surface area contributed by atoms with E-state index in [1.165, 1.54) is 17.7 Å². The fraction of sp³-hybridized carbons (Fsp3) is 0.333. The van der Waals surface area contributed by atoms with Crippen molar-refractivity contribution in [3.8, 4) is 0 Å². The average Bonchev–Trinajstić information content (AvgIpc) is 3.07. The molecule has 1 aliphatic heterocycles. The van der Waals surface area contributed by atoms with E-state index < -0.39 is 10.0 Å². The van der Waals surface area contributed by atoms with Gasteiger partial charge in [-0.05, 0) is 49.1 Å². The Balaban J connectivity index is 1.54. The van der Waals surface area contributed by atoms with Gasteiger partial charge in [0.1, 0.15) is 5.84 Å². The molecule has 0 bridgehead atoms. The van der Waals surface area contributed by atoms with E-state index >= 15 is 0 Å². The van der Waals surface area contributed by atoms with Crippen LogP contribution in [0.2, 0.25) is 0 Å². The van der Waals surface area contributed by atoms with Crippen molar-refractivity contribution in [3.63, 3.8) is 0 Å². The lowest BCUT2D eigenvalue weighted by Crippen LogP contribution is -2.20. The summed E-state index contributed by atoms with van der Waals surface area (Å²) in [6.07, 6.45) is 3.61. The topological polar surface area (TPSA) is 78.8 Å². The third kappa shape index (κ3) is 5.42. The van der Waals surface area contributed by atoms with E-state index in [9.17, 15) is 13.2 Å². The van der Waals surface area contributed by atoms with Gasteiger partial charge in [-0.2, -0.15) is 8.42 Å². The molecular weight excluding hydrogens is 374 g/mol. The maximum Gasteiger partial charge on any atom is 0.283 e. The minimum Gasteiger partial charge on any atom is -0.362 e. The van der Waals surface area contributed by atoms with Crippen molar-refractivity contribution in [2.45, 2.75) is 37.0 Å². The molecule has 1 N–H and O–H groups in total. The van der Waals surface area contributed by atoms with E-state index in [4.69, 9.17) is 0 Å². The first-order valence-corrected chi connectivity index (χ1v) is 10.9. The molecule has 1 aliphatic rings. The lowest BCUT2D eigenvalue weighted by Gasteiger charge is -2.11. The number of hydrogen-bond donors (Lipinski definition) is 1. The summed E-state index contributed by atoms with van der Waals surface area (Å²) in [5.74, 6) is 0.509. The minimum absolute atomic E-state index is 0.0839. The van der Waals surface area contributed by atoms with E-state index in [1.807, 2.05) is 42.3 Å². The summed E-state index contributed by atoms with van der Waals surface area (Å²) in [4.78, 5) is 14.1. The monoisotopic (exact) mass is 399 g/mol. The van der Waals surface area contributed by atoms with Gasteiger partial charge in [0, 0.05) is 32.1 Å². The van der Waals surface area contributed by atoms with Crippen LogP contribution in [-0.4, -0.2) is 38.7 Å². The summed E-state index contributed by atoms with van der Waals surface area (Å²) in [6.45, 7) is 0.823. The van der Waals surface area contributed by atoms with Crippen LogP contribution >= 0.6 is 0 Å². The highest BCUT2D eigenvalue weighted by Gasteiger charge is 2.20. The van der Waals surface area contributed by atoms with Crippen LogP contribution in [0, 0.1) is 0 Å². The number of likely N-dealkylation sites (tertiary alicyclic amines) is 1. The molecular formula is C21H25N3O3S. The molecule has 1 saturated heterocycles. The number of rotatable bonds is 7. The largest absolute Gasteiger partial charge is 0.362 e. The van der Waals surface area contributed by atoms with Gasteiger partial charge in [0.05, 0.1) is 4.90 Å². The van der Waals surface area contributed by atoms with Gasteiger partial charge in [0.25, 0.3) is 10.0 Å². The number of benzene rings is 2. The van der Waals surface area contributed by atoms with Crippen LogP contribution < -0.4 is 5.32 Å². The lowest BCUT2D eigenvalue weighted by molar-refractivity contribution is -0.116. The molecule has 6 nitrogen and oxygen atoms in total. The van der Waals surface area contributed by atoms with E-state index in [0.29, 0.717) is 24.4 Å². The average molecular weight is 400 g/mol. The molecule has 28 heavy (non-hydrogen) atoms. The normalized spacial score (nSPS) is 15.8. The van der Waals surface area contributed by atoms with Crippen molar-refractivity contribution in [2.75, 3.05) is 18.9 Å². The van der Waals surface area contributed by atoms with Crippen molar-refractivity contribution >= 4 is 27.5 Å².